The Kier molecular flexibility index (Phi) is 3.38. The maximum atomic E-state index is 5.78. The Morgan fingerprint density at radius 1 is 1.50 bits per heavy atom. The van der Waals surface area contributed by atoms with Crippen LogP contribution in [0.15, 0.2) is 18.3 Å². The lowest BCUT2D eigenvalue weighted by molar-refractivity contribution is 0.373. The number of rotatable bonds is 2. The first-order valence-electron chi connectivity index (χ1n) is 5.16. The van der Waals surface area contributed by atoms with Crippen molar-refractivity contribution >= 4 is 11.6 Å². The summed E-state index contributed by atoms with van der Waals surface area (Å²) in [5, 5.41) is 4.13. The molecule has 14 heavy (non-hydrogen) atoms. The third-order valence-corrected chi connectivity index (χ3v) is 2.91. The van der Waals surface area contributed by atoms with Gasteiger partial charge in [-0.25, -0.2) is 0 Å². The minimum absolute atomic E-state index is 0.718. The summed E-state index contributed by atoms with van der Waals surface area (Å²) >= 11 is 5.78. The van der Waals surface area contributed by atoms with Crippen molar-refractivity contribution in [2.24, 2.45) is 5.92 Å². The van der Waals surface area contributed by atoms with Crippen molar-refractivity contribution in [3.63, 3.8) is 0 Å². The summed E-state index contributed by atoms with van der Waals surface area (Å²) in [6, 6.07) is 3.94. The van der Waals surface area contributed by atoms with E-state index in [0.717, 1.165) is 29.6 Å². The quantitative estimate of drug-likeness (QED) is 0.810. The number of nitrogens with one attached hydrogen (secondary N) is 1. The molecule has 1 atom stereocenters. The Bertz CT molecular complexity index is 278. The van der Waals surface area contributed by atoms with Crippen LogP contribution in [0.1, 0.15) is 18.5 Å². The van der Waals surface area contributed by atoms with Gasteiger partial charge >= 0.3 is 0 Å². The van der Waals surface area contributed by atoms with Gasteiger partial charge in [0.15, 0.2) is 0 Å². The van der Waals surface area contributed by atoms with Gasteiger partial charge in [0.2, 0.25) is 0 Å². The summed E-state index contributed by atoms with van der Waals surface area (Å²) in [4.78, 5) is 4.31. The van der Waals surface area contributed by atoms with Crippen LogP contribution in [0.2, 0.25) is 5.02 Å². The third kappa shape index (κ3) is 2.69. The molecule has 0 saturated carbocycles. The van der Waals surface area contributed by atoms with E-state index >= 15 is 0 Å². The topological polar surface area (TPSA) is 24.9 Å². The van der Waals surface area contributed by atoms with Crippen LogP contribution in [0.3, 0.4) is 0 Å². The highest BCUT2D eigenvalue weighted by Gasteiger charge is 2.13. The maximum Gasteiger partial charge on any atom is 0.0589 e. The van der Waals surface area contributed by atoms with Gasteiger partial charge in [-0.05, 0) is 50.4 Å². The number of hydrogen-bond donors (Lipinski definition) is 1. The highest BCUT2D eigenvalue weighted by atomic mass is 35.5. The van der Waals surface area contributed by atoms with E-state index in [1.54, 1.807) is 6.20 Å². The number of halogens is 1. The number of pyridine rings is 1. The second kappa shape index (κ2) is 4.76. The van der Waals surface area contributed by atoms with Gasteiger partial charge < -0.3 is 5.32 Å². The molecule has 2 heterocycles. The molecule has 76 valence electrons. The molecule has 1 N–H and O–H groups in total. The molecule has 1 aliphatic heterocycles. The minimum Gasteiger partial charge on any atom is -0.316 e. The van der Waals surface area contributed by atoms with Gasteiger partial charge in [-0.2, -0.15) is 0 Å². The maximum absolute atomic E-state index is 5.78. The van der Waals surface area contributed by atoms with E-state index in [1.165, 1.54) is 19.4 Å². The number of hydrogen-bond acceptors (Lipinski definition) is 2. The van der Waals surface area contributed by atoms with Crippen LogP contribution in [0, 0.1) is 5.92 Å². The zero-order chi connectivity index (χ0) is 9.80. The average Bonchev–Trinajstić information content (AvgIpc) is 2.23. The predicted octanol–water partition coefficient (Wildman–Crippen LogP) is 2.28. The highest BCUT2D eigenvalue weighted by molar-refractivity contribution is 6.30. The second-order valence-corrected chi connectivity index (χ2v) is 4.32. The molecule has 1 aromatic rings. The van der Waals surface area contributed by atoms with E-state index in [2.05, 4.69) is 10.3 Å². The van der Waals surface area contributed by atoms with Gasteiger partial charge in [0.1, 0.15) is 0 Å². The highest BCUT2D eigenvalue weighted by Crippen LogP contribution is 2.16. The van der Waals surface area contributed by atoms with Gasteiger partial charge in [-0.3, -0.25) is 4.98 Å². The number of aromatic nitrogens is 1. The molecule has 1 aromatic heterocycles. The fraction of sp³-hybridized carbons (Fsp3) is 0.545. The summed E-state index contributed by atoms with van der Waals surface area (Å²) in [7, 11) is 0. The lowest BCUT2D eigenvalue weighted by atomic mass is 9.94. The predicted molar refractivity (Wildman–Crippen MR) is 58.5 cm³/mol. The van der Waals surface area contributed by atoms with E-state index in [-0.39, 0.29) is 0 Å². The molecule has 2 nitrogen and oxygen atoms in total. The van der Waals surface area contributed by atoms with E-state index < -0.39 is 0 Å². The SMILES string of the molecule is Clc1ccc(CC2CCCNC2)nc1. The van der Waals surface area contributed by atoms with Crippen LogP contribution in [0.5, 0.6) is 0 Å². The molecule has 1 aliphatic rings. The van der Waals surface area contributed by atoms with E-state index in [9.17, 15) is 0 Å². The molecule has 1 saturated heterocycles. The Labute approximate surface area is 89.7 Å². The van der Waals surface area contributed by atoms with Crippen molar-refractivity contribution in [2.75, 3.05) is 13.1 Å². The van der Waals surface area contributed by atoms with Gasteiger partial charge in [0.25, 0.3) is 0 Å². The normalized spacial score (nSPS) is 22.2. The zero-order valence-corrected chi connectivity index (χ0v) is 8.93. The van der Waals surface area contributed by atoms with Crippen LogP contribution in [0.25, 0.3) is 0 Å². The first kappa shape index (κ1) is 9.94. The van der Waals surface area contributed by atoms with Crippen molar-refractivity contribution in [3.8, 4) is 0 Å². The molecule has 0 bridgehead atoms. The van der Waals surface area contributed by atoms with E-state index in [4.69, 9.17) is 11.6 Å². The van der Waals surface area contributed by atoms with Crippen molar-refractivity contribution in [1.82, 2.24) is 10.3 Å². The van der Waals surface area contributed by atoms with Crippen molar-refractivity contribution in [3.05, 3.63) is 29.0 Å². The molecule has 0 aliphatic carbocycles. The Morgan fingerprint density at radius 2 is 2.43 bits per heavy atom. The summed E-state index contributed by atoms with van der Waals surface area (Å²) < 4.78 is 0. The van der Waals surface area contributed by atoms with Crippen LogP contribution in [0.4, 0.5) is 0 Å². The molecule has 1 fully saturated rings. The average molecular weight is 211 g/mol. The van der Waals surface area contributed by atoms with Crippen LogP contribution >= 0.6 is 11.6 Å². The van der Waals surface area contributed by atoms with Crippen molar-refractivity contribution in [1.29, 1.82) is 0 Å². The van der Waals surface area contributed by atoms with Gasteiger partial charge in [0.05, 0.1) is 5.02 Å². The largest absolute Gasteiger partial charge is 0.316 e. The molecule has 2 rings (SSSR count). The Hall–Kier alpha value is -0.600. The van der Waals surface area contributed by atoms with Crippen LogP contribution < -0.4 is 5.32 Å². The molecular weight excluding hydrogens is 196 g/mol. The first-order chi connectivity index (χ1) is 6.84. The third-order valence-electron chi connectivity index (χ3n) is 2.69. The monoisotopic (exact) mass is 210 g/mol. The van der Waals surface area contributed by atoms with Gasteiger partial charge in [0, 0.05) is 11.9 Å². The van der Waals surface area contributed by atoms with E-state index in [1.807, 2.05) is 12.1 Å². The minimum atomic E-state index is 0.718. The fourth-order valence-electron chi connectivity index (χ4n) is 1.92. The Balaban J connectivity index is 1.92. The Morgan fingerprint density at radius 3 is 3.07 bits per heavy atom. The van der Waals surface area contributed by atoms with Gasteiger partial charge in [-0.15, -0.1) is 0 Å². The number of piperidine rings is 1. The number of nitrogens with zero attached hydrogens (tertiary/aromatic N) is 1. The smallest absolute Gasteiger partial charge is 0.0589 e. The van der Waals surface area contributed by atoms with Crippen molar-refractivity contribution in [2.45, 2.75) is 19.3 Å². The summed E-state index contributed by atoms with van der Waals surface area (Å²) in [6.45, 7) is 2.30. The molecule has 1 unspecified atom stereocenters. The van der Waals surface area contributed by atoms with E-state index in [0.29, 0.717) is 0 Å². The summed E-state index contributed by atoms with van der Waals surface area (Å²) in [6.07, 6.45) is 5.41. The second-order valence-electron chi connectivity index (χ2n) is 3.88. The fourth-order valence-corrected chi connectivity index (χ4v) is 2.03. The van der Waals surface area contributed by atoms with Gasteiger partial charge in [-0.1, -0.05) is 11.6 Å². The van der Waals surface area contributed by atoms with Crippen LogP contribution in [-0.4, -0.2) is 18.1 Å². The molecule has 0 amide bonds. The standard InChI is InChI=1S/C11H15ClN2/c12-10-3-4-11(14-8-10)6-9-2-1-5-13-7-9/h3-4,8-9,13H,1-2,5-7H2. The molecular formula is C11H15ClN2. The molecule has 0 spiro atoms. The van der Waals surface area contributed by atoms with Crippen LogP contribution in [-0.2, 0) is 6.42 Å². The lowest BCUT2D eigenvalue weighted by Crippen LogP contribution is -2.30. The molecule has 0 radical (unpaired) electrons. The molecule has 3 heteroatoms. The van der Waals surface area contributed by atoms with Crippen molar-refractivity contribution < 1.29 is 0 Å². The lowest BCUT2D eigenvalue weighted by Gasteiger charge is -2.22. The molecule has 0 aromatic carbocycles. The summed E-state index contributed by atoms with van der Waals surface area (Å²) in [5.74, 6) is 0.748. The summed E-state index contributed by atoms with van der Waals surface area (Å²) in [5.41, 5.74) is 1.16. The zero-order valence-electron chi connectivity index (χ0n) is 8.17. The first-order valence-corrected chi connectivity index (χ1v) is 5.53.